The molecule has 0 bridgehead atoms. The zero-order valence-electron chi connectivity index (χ0n) is 12.1. The predicted molar refractivity (Wildman–Crippen MR) is 84.7 cm³/mol. The van der Waals surface area contributed by atoms with E-state index < -0.39 is 5.97 Å². The average Bonchev–Trinajstić information content (AvgIpc) is 2.80. The molecular weight excluding hydrogens is 262 g/mol. The summed E-state index contributed by atoms with van der Waals surface area (Å²) in [6, 6.07) is 16.3. The number of aryl methyl sites for hydroxylation is 2. The highest BCUT2D eigenvalue weighted by Crippen LogP contribution is 2.30. The van der Waals surface area contributed by atoms with Crippen LogP contribution < -0.4 is 0 Å². The Bertz CT molecular complexity index is 816. The third-order valence-corrected chi connectivity index (χ3v) is 3.94. The molecule has 0 amide bonds. The van der Waals surface area contributed by atoms with Crippen molar-refractivity contribution in [3.8, 4) is 11.1 Å². The zero-order chi connectivity index (χ0) is 15.0. The second-order valence-electron chi connectivity index (χ2n) is 5.12. The first-order valence-electron chi connectivity index (χ1n) is 7.05. The number of rotatable bonds is 3. The summed E-state index contributed by atoms with van der Waals surface area (Å²) in [6.07, 6.45) is 0. The molecule has 0 aliphatic carbocycles. The molecule has 3 aromatic rings. The smallest absolute Gasteiger partial charge is 0.352 e. The van der Waals surface area contributed by atoms with Gasteiger partial charge in [-0.05, 0) is 42.7 Å². The number of benzene rings is 2. The average molecular weight is 279 g/mol. The molecule has 0 saturated carbocycles. The highest BCUT2D eigenvalue weighted by atomic mass is 16.4. The molecule has 21 heavy (non-hydrogen) atoms. The van der Waals surface area contributed by atoms with Crippen molar-refractivity contribution in [2.45, 2.75) is 20.4 Å². The fraction of sp³-hybridized carbons (Fsp3) is 0.167. The molecule has 1 N–H and O–H groups in total. The molecule has 0 aliphatic rings. The number of fused-ring (bicyclic) bond motifs is 1. The van der Waals surface area contributed by atoms with Gasteiger partial charge in [-0.15, -0.1) is 0 Å². The van der Waals surface area contributed by atoms with Crippen LogP contribution in [0, 0.1) is 6.92 Å². The van der Waals surface area contributed by atoms with E-state index in [1.54, 1.807) is 0 Å². The highest BCUT2D eigenvalue weighted by molar-refractivity contribution is 5.99. The summed E-state index contributed by atoms with van der Waals surface area (Å²) in [6.45, 7) is 4.50. The van der Waals surface area contributed by atoms with Crippen LogP contribution in [0.2, 0.25) is 0 Å². The molecule has 0 radical (unpaired) electrons. The van der Waals surface area contributed by atoms with Crippen molar-refractivity contribution < 1.29 is 9.90 Å². The summed E-state index contributed by atoms with van der Waals surface area (Å²) in [5.74, 6) is -0.869. The van der Waals surface area contributed by atoms with Crippen molar-refractivity contribution in [1.82, 2.24) is 4.57 Å². The fourth-order valence-electron chi connectivity index (χ4n) is 2.94. The quantitative estimate of drug-likeness (QED) is 0.775. The molecule has 3 heteroatoms. The molecule has 0 aliphatic heterocycles. The van der Waals surface area contributed by atoms with E-state index >= 15 is 0 Å². The lowest BCUT2D eigenvalue weighted by molar-refractivity contribution is 0.0685. The first-order chi connectivity index (χ1) is 10.1. The van der Waals surface area contributed by atoms with Crippen LogP contribution in [0.25, 0.3) is 22.0 Å². The Morgan fingerprint density at radius 1 is 1.10 bits per heavy atom. The number of hydrogen-bond acceptors (Lipinski definition) is 1. The van der Waals surface area contributed by atoms with Crippen molar-refractivity contribution in [3.63, 3.8) is 0 Å². The van der Waals surface area contributed by atoms with E-state index in [1.165, 1.54) is 0 Å². The monoisotopic (exact) mass is 279 g/mol. The Kier molecular flexibility index (Phi) is 3.26. The van der Waals surface area contributed by atoms with Crippen molar-refractivity contribution >= 4 is 16.9 Å². The van der Waals surface area contributed by atoms with Crippen LogP contribution in [-0.4, -0.2) is 15.6 Å². The van der Waals surface area contributed by atoms with Gasteiger partial charge in [0, 0.05) is 17.4 Å². The third-order valence-electron chi connectivity index (χ3n) is 3.94. The minimum atomic E-state index is -0.869. The predicted octanol–water partition coefficient (Wildman–Crippen LogP) is 4.33. The Morgan fingerprint density at radius 3 is 2.43 bits per heavy atom. The lowest BCUT2D eigenvalue weighted by Gasteiger charge is -2.05. The molecule has 1 heterocycles. The number of nitrogens with zero attached hydrogens (tertiary/aromatic N) is 1. The molecular formula is C18H17NO2. The number of hydrogen-bond donors (Lipinski definition) is 1. The van der Waals surface area contributed by atoms with E-state index in [0.29, 0.717) is 12.2 Å². The van der Waals surface area contributed by atoms with Gasteiger partial charge in [0.1, 0.15) is 5.69 Å². The maximum absolute atomic E-state index is 11.5. The summed E-state index contributed by atoms with van der Waals surface area (Å²) in [7, 11) is 0. The molecule has 2 aromatic carbocycles. The van der Waals surface area contributed by atoms with Crippen molar-refractivity contribution in [2.24, 2.45) is 0 Å². The van der Waals surface area contributed by atoms with Gasteiger partial charge >= 0.3 is 5.97 Å². The van der Waals surface area contributed by atoms with Gasteiger partial charge < -0.3 is 9.67 Å². The Hall–Kier alpha value is -2.55. The van der Waals surface area contributed by atoms with Crippen LogP contribution in [0.3, 0.4) is 0 Å². The minimum absolute atomic E-state index is 0.387. The lowest BCUT2D eigenvalue weighted by atomic mass is 10.0. The second-order valence-corrected chi connectivity index (χ2v) is 5.12. The van der Waals surface area contributed by atoms with E-state index in [1.807, 2.05) is 42.7 Å². The van der Waals surface area contributed by atoms with Crippen molar-refractivity contribution in [1.29, 1.82) is 0 Å². The standard InChI is InChI=1S/C18H17NO2/c1-3-19-16-10-9-14(13-7-5-4-6-8-13)11-15(16)12(2)17(19)18(20)21/h4-11H,3H2,1-2H3,(H,20,21). The number of aromatic nitrogens is 1. The summed E-state index contributed by atoms with van der Waals surface area (Å²) in [4.78, 5) is 11.5. The molecule has 3 rings (SSSR count). The maximum atomic E-state index is 11.5. The summed E-state index contributed by atoms with van der Waals surface area (Å²) < 4.78 is 1.86. The Labute approximate surface area is 123 Å². The Morgan fingerprint density at radius 2 is 1.81 bits per heavy atom. The van der Waals surface area contributed by atoms with Crippen LogP contribution in [-0.2, 0) is 6.54 Å². The highest BCUT2D eigenvalue weighted by Gasteiger charge is 2.18. The molecule has 0 atom stereocenters. The van der Waals surface area contributed by atoms with E-state index in [9.17, 15) is 9.90 Å². The molecule has 1 aromatic heterocycles. The van der Waals surface area contributed by atoms with Gasteiger partial charge in [-0.1, -0.05) is 36.4 Å². The zero-order valence-corrected chi connectivity index (χ0v) is 12.1. The summed E-state index contributed by atoms with van der Waals surface area (Å²) >= 11 is 0. The van der Waals surface area contributed by atoms with Crippen LogP contribution in [0.15, 0.2) is 48.5 Å². The van der Waals surface area contributed by atoms with E-state index in [4.69, 9.17) is 0 Å². The topological polar surface area (TPSA) is 42.2 Å². The number of carbonyl (C=O) groups is 1. The number of carboxylic acid groups (broad SMARTS) is 1. The summed E-state index contributed by atoms with van der Waals surface area (Å²) in [5.41, 5.74) is 4.44. The van der Waals surface area contributed by atoms with Crippen LogP contribution >= 0.6 is 0 Å². The first-order valence-corrected chi connectivity index (χ1v) is 7.05. The van der Waals surface area contributed by atoms with Gasteiger partial charge in [-0.3, -0.25) is 0 Å². The summed E-state index contributed by atoms with van der Waals surface area (Å²) in [5, 5.41) is 10.5. The van der Waals surface area contributed by atoms with Crippen molar-refractivity contribution in [3.05, 3.63) is 59.8 Å². The van der Waals surface area contributed by atoms with Crippen LogP contribution in [0.5, 0.6) is 0 Å². The van der Waals surface area contributed by atoms with Gasteiger partial charge in [0.15, 0.2) is 0 Å². The second kappa shape index (κ2) is 5.09. The van der Waals surface area contributed by atoms with Crippen molar-refractivity contribution in [2.75, 3.05) is 0 Å². The molecule has 0 saturated heterocycles. The van der Waals surface area contributed by atoms with E-state index in [0.717, 1.165) is 27.6 Å². The molecule has 0 spiro atoms. The molecule has 0 unspecified atom stereocenters. The van der Waals surface area contributed by atoms with E-state index in [2.05, 4.69) is 24.3 Å². The normalized spacial score (nSPS) is 11.0. The minimum Gasteiger partial charge on any atom is -0.477 e. The van der Waals surface area contributed by atoms with E-state index in [-0.39, 0.29) is 0 Å². The Balaban J connectivity index is 2.28. The maximum Gasteiger partial charge on any atom is 0.352 e. The largest absolute Gasteiger partial charge is 0.477 e. The third kappa shape index (κ3) is 2.11. The first kappa shape index (κ1) is 13.4. The van der Waals surface area contributed by atoms with Gasteiger partial charge in [-0.25, -0.2) is 4.79 Å². The molecule has 3 nitrogen and oxygen atoms in total. The fourth-order valence-corrected chi connectivity index (χ4v) is 2.94. The lowest BCUT2D eigenvalue weighted by Crippen LogP contribution is -2.08. The van der Waals surface area contributed by atoms with Gasteiger partial charge in [0.05, 0.1) is 0 Å². The number of carboxylic acids is 1. The molecule has 0 fully saturated rings. The molecule has 106 valence electrons. The number of aromatic carboxylic acids is 1. The van der Waals surface area contributed by atoms with Crippen LogP contribution in [0.4, 0.5) is 0 Å². The van der Waals surface area contributed by atoms with Crippen LogP contribution in [0.1, 0.15) is 23.0 Å². The van der Waals surface area contributed by atoms with Gasteiger partial charge in [0.2, 0.25) is 0 Å². The van der Waals surface area contributed by atoms with Gasteiger partial charge in [-0.2, -0.15) is 0 Å². The SMILES string of the molecule is CCn1c(C(=O)O)c(C)c2cc(-c3ccccc3)ccc21. The van der Waals surface area contributed by atoms with Gasteiger partial charge in [0.25, 0.3) is 0 Å².